The van der Waals surface area contributed by atoms with Crippen LogP contribution in [0.2, 0.25) is 0 Å². The molecule has 2 aromatic rings. The second kappa shape index (κ2) is 6.31. The van der Waals surface area contributed by atoms with Gasteiger partial charge in [0.1, 0.15) is 0 Å². The van der Waals surface area contributed by atoms with Gasteiger partial charge in [-0.2, -0.15) is 0 Å². The quantitative estimate of drug-likeness (QED) is 0.834. The molecule has 0 radical (unpaired) electrons. The highest BCUT2D eigenvalue weighted by atomic mass is 32.1. The van der Waals surface area contributed by atoms with Crippen LogP contribution in [0.5, 0.6) is 0 Å². The Morgan fingerprint density at radius 2 is 2.05 bits per heavy atom. The van der Waals surface area contributed by atoms with Gasteiger partial charge in [0.25, 0.3) is 0 Å². The zero-order valence-corrected chi connectivity index (χ0v) is 12.6. The summed E-state index contributed by atoms with van der Waals surface area (Å²) in [6.45, 7) is 0. The first-order valence-corrected chi connectivity index (χ1v) is 8.25. The zero-order chi connectivity index (χ0) is 14.7. The van der Waals surface area contributed by atoms with Crippen LogP contribution in [-0.4, -0.2) is 11.1 Å². The van der Waals surface area contributed by atoms with Gasteiger partial charge in [-0.3, -0.25) is 0 Å². The smallest absolute Gasteiger partial charge is 0.335 e. The molecule has 3 rings (SSSR count). The van der Waals surface area contributed by atoms with Crippen molar-refractivity contribution in [3.8, 4) is 0 Å². The minimum absolute atomic E-state index is 0.288. The van der Waals surface area contributed by atoms with E-state index < -0.39 is 5.97 Å². The predicted octanol–water partition coefficient (Wildman–Crippen LogP) is 4.79. The molecule has 21 heavy (non-hydrogen) atoms. The Balaban J connectivity index is 1.84. The van der Waals surface area contributed by atoms with Crippen LogP contribution in [0, 0.1) is 5.92 Å². The van der Waals surface area contributed by atoms with E-state index >= 15 is 0 Å². The summed E-state index contributed by atoms with van der Waals surface area (Å²) in [6, 6.07) is 11.6. The van der Waals surface area contributed by atoms with Gasteiger partial charge in [-0.05, 0) is 48.4 Å². The lowest BCUT2D eigenvalue weighted by Crippen LogP contribution is -2.18. The zero-order valence-electron chi connectivity index (χ0n) is 11.8. The lowest BCUT2D eigenvalue weighted by Gasteiger charge is -2.25. The number of thiophene rings is 1. The van der Waals surface area contributed by atoms with E-state index in [1.165, 1.54) is 30.6 Å². The number of carboxylic acids is 1. The summed E-state index contributed by atoms with van der Waals surface area (Å²) in [5.41, 5.74) is 1.22. The molecule has 1 aromatic carbocycles. The minimum Gasteiger partial charge on any atom is -0.478 e. The summed E-state index contributed by atoms with van der Waals surface area (Å²) in [5.74, 6) is -0.246. The number of hydrogen-bond donors (Lipinski definition) is 2. The van der Waals surface area contributed by atoms with Crippen molar-refractivity contribution in [2.45, 2.75) is 31.7 Å². The highest BCUT2D eigenvalue weighted by Crippen LogP contribution is 2.39. The Bertz CT molecular complexity index is 603. The minimum atomic E-state index is -0.882. The monoisotopic (exact) mass is 301 g/mol. The summed E-state index contributed by atoms with van der Waals surface area (Å²) in [6.07, 6.45) is 5.08. The molecule has 0 aliphatic heterocycles. The van der Waals surface area contributed by atoms with Crippen molar-refractivity contribution in [2.75, 3.05) is 5.32 Å². The molecule has 2 N–H and O–H groups in total. The van der Waals surface area contributed by atoms with Crippen LogP contribution < -0.4 is 5.32 Å². The number of benzene rings is 1. The Morgan fingerprint density at radius 3 is 2.71 bits per heavy atom. The van der Waals surface area contributed by atoms with Gasteiger partial charge in [-0.15, -0.1) is 11.3 Å². The van der Waals surface area contributed by atoms with Crippen LogP contribution in [0.1, 0.15) is 47.0 Å². The van der Waals surface area contributed by atoms with Crippen LogP contribution >= 0.6 is 11.3 Å². The summed E-state index contributed by atoms with van der Waals surface area (Å²) in [7, 11) is 0. The largest absolute Gasteiger partial charge is 0.478 e. The molecule has 110 valence electrons. The molecule has 4 heteroatoms. The number of carboxylic acid groups (broad SMARTS) is 1. The average Bonchev–Trinajstić information content (AvgIpc) is 3.18. The maximum atomic E-state index is 11.1. The SMILES string of the molecule is O=C(O)c1cccc(NC(c2cccs2)C2CCCC2)c1. The van der Waals surface area contributed by atoms with Gasteiger partial charge in [-0.25, -0.2) is 4.79 Å². The first kappa shape index (κ1) is 14.1. The van der Waals surface area contributed by atoms with Crippen molar-refractivity contribution in [3.05, 3.63) is 52.2 Å². The maximum Gasteiger partial charge on any atom is 0.335 e. The number of rotatable bonds is 5. The summed E-state index contributed by atoms with van der Waals surface area (Å²) in [5, 5.41) is 14.8. The van der Waals surface area contributed by atoms with Crippen LogP contribution in [0.25, 0.3) is 0 Å². The number of carbonyl (C=O) groups is 1. The molecule has 1 atom stereocenters. The third-order valence-corrected chi connectivity index (χ3v) is 5.11. The normalized spacial score (nSPS) is 16.8. The fourth-order valence-corrected chi connectivity index (χ4v) is 3.97. The Kier molecular flexibility index (Phi) is 4.25. The van der Waals surface area contributed by atoms with Gasteiger partial charge >= 0.3 is 5.97 Å². The summed E-state index contributed by atoms with van der Waals surface area (Å²) < 4.78 is 0. The van der Waals surface area contributed by atoms with Gasteiger partial charge in [0.05, 0.1) is 11.6 Å². The molecular formula is C17H19NO2S. The second-order valence-electron chi connectivity index (χ2n) is 5.57. The predicted molar refractivity (Wildman–Crippen MR) is 86.0 cm³/mol. The van der Waals surface area contributed by atoms with E-state index in [2.05, 4.69) is 22.8 Å². The molecule has 0 bridgehead atoms. The molecule has 1 fully saturated rings. The van der Waals surface area contributed by atoms with E-state index in [1.54, 1.807) is 29.5 Å². The van der Waals surface area contributed by atoms with Gasteiger partial charge in [0, 0.05) is 10.6 Å². The molecule has 1 aliphatic carbocycles. The van der Waals surface area contributed by atoms with Crippen molar-refractivity contribution in [1.82, 2.24) is 0 Å². The van der Waals surface area contributed by atoms with Crippen LogP contribution in [-0.2, 0) is 0 Å². The molecule has 0 saturated heterocycles. The Morgan fingerprint density at radius 1 is 1.24 bits per heavy atom. The van der Waals surface area contributed by atoms with Gasteiger partial charge in [-0.1, -0.05) is 25.0 Å². The fourth-order valence-electron chi connectivity index (χ4n) is 3.10. The van der Waals surface area contributed by atoms with Crippen molar-refractivity contribution < 1.29 is 9.90 Å². The molecular weight excluding hydrogens is 282 g/mol. The van der Waals surface area contributed by atoms with E-state index in [0.29, 0.717) is 11.5 Å². The molecule has 1 aliphatic rings. The average molecular weight is 301 g/mol. The van der Waals surface area contributed by atoms with Crippen LogP contribution in [0.4, 0.5) is 5.69 Å². The number of aromatic carboxylic acids is 1. The van der Waals surface area contributed by atoms with Gasteiger partial charge in [0.2, 0.25) is 0 Å². The Labute approximate surface area is 128 Å². The molecule has 3 nitrogen and oxygen atoms in total. The summed E-state index contributed by atoms with van der Waals surface area (Å²) >= 11 is 1.77. The molecule has 0 amide bonds. The standard InChI is InChI=1S/C17H19NO2S/c19-17(20)13-7-3-8-14(11-13)18-16(12-5-1-2-6-12)15-9-4-10-21-15/h3-4,7-12,16,18H,1-2,5-6H2,(H,19,20). The third kappa shape index (κ3) is 3.27. The number of anilines is 1. The van der Waals surface area contributed by atoms with E-state index in [9.17, 15) is 4.79 Å². The van der Waals surface area contributed by atoms with Crippen molar-refractivity contribution in [1.29, 1.82) is 0 Å². The van der Waals surface area contributed by atoms with Crippen molar-refractivity contribution in [3.63, 3.8) is 0 Å². The van der Waals surface area contributed by atoms with Gasteiger partial charge < -0.3 is 10.4 Å². The van der Waals surface area contributed by atoms with Crippen LogP contribution in [0.15, 0.2) is 41.8 Å². The first-order chi connectivity index (χ1) is 10.2. The lowest BCUT2D eigenvalue weighted by atomic mass is 9.96. The topological polar surface area (TPSA) is 49.3 Å². The molecule has 1 heterocycles. The van der Waals surface area contributed by atoms with Crippen molar-refractivity contribution in [2.24, 2.45) is 5.92 Å². The van der Waals surface area contributed by atoms with E-state index in [0.717, 1.165) is 5.69 Å². The molecule has 1 unspecified atom stereocenters. The van der Waals surface area contributed by atoms with Crippen LogP contribution in [0.3, 0.4) is 0 Å². The van der Waals surface area contributed by atoms with E-state index in [-0.39, 0.29) is 6.04 Å². The Hall–Kier alpha value is -1.81. The fraction of sp³-hybridized carbons (Fsp3) is 0.353. The van der Waals surface area contributed by atoms with Crippen molar-refractivity contribution >= 4 is 23.0 Å². The first-order valence-electron chi connectivity index (χ1n) is 7.37. The highest BCUT2D eigenvalue weighted by molar-refractivity contribution is 7.10. The van der Waals surface area contributed by atoms with Gasteiger partial charge in [0.15, 0.2) is 0 Å². The van der Waals surface area contributed by atoms with E-state index in [1.807, 2.05) is 6.07 Å². The lowest BCUT2D eigenvalue weighted by molar-refractivity contribution is 0.0697. The third-order valence-electron chi connectivity index (χ3n) is 4.15. The molecule has 1 saturated carbocycles. The number of hydrogen-bond acceptors (Lipinski definition) is 3. The van der Waals surface area contributed by atoms with E-state index in [4.69, 9.17) is 5.11 Å². The molecule has 1 aromatic heterocycles. The second-order valence-corrected chi connectivity index (χ2v) is 6.55. The number of nitrogens with one attached hydrogen (secondary N) is 1. The highest BCUT2D eigenvalue weighted by Gasteiger charge is 2.27. The molecule has 0 spiro atoms. The summed E-state index contributed by atoms with van der Waals surface area (Å²) in [4.78, 5) is 12.4. The maximum absolute atomic E-state index is 11.1.